The van der Waals surface area contributed by atoms with Crippen molar-refractivity contribution in [1.82, 2.24) is 10.1 Å². The number of hydrogen-bond acceptors (Lipinski definition) is 4. The summed E-state index contributed by atoms with van der Waals surface area (Å²) < 4.78 is 18.0. The van der Waals surface area contributed by atoms with Crippen LogP contribution in [0.2, 0.25) is 0 Å². The van der Waals surface area contributed by atoms with Crippen LogP contribution in [0, 0.1) is 0 Å². The summed E-state index contributed by atoms with van der Waals surface area (Å²) >= 11 is 4.80. The zero-order chi connectivity index (χ0) is 14.5. The fraction of sp³-hybridized carbons (Fsp3) is 0.154. The van der Waals surface area contributed by atoms with Gasteiger partial charge in [0.1, 0.15) is 6.67 Å². The van der Waals surface area contributed by atoms with Crippen molar-refractivity contribution < 1.29 is 13.7 Å². The number of nitrogens with zero attached hydrogens (tertiary/aromatic N) is 1. The molecule has 0 bridgehead atoms. The van der Waals surface area contributed by atoms with Crippen molar-refractivity contribution in [2.75, 3.05) is 6.67 Å². The molecule has 0 spiro atoms. The maximum absolute atomic E-state index is 12.0. The molecule has 2 aromatic rings. The third kappa shape index (κ3) is 3.18. The lowest BCUT2D eigenvalue weighted by atomic mass is 10.1. The number of carbonyl (C=O) groups excluding carboxylic acids is 1. The molecule has 1 aromatic heterocycles. The van der Waals surface area contributed by atoms with Crippen molar-refractivity contribution in [2.24, 2.45) is 0 Å². The highest BCUT2D eigenvalue weighted by Crippen LogP contribution is 2.16. The standard InChI is InChI=1S/C13H11FN2O3S/c14-5-12(17)15-8-16-6-11(13(18)19-16)10-3-1-9(7-20)2-4-10/h1-4,6-7H,5,8H2,(H,15,17). The summed E-state index contributed by atoms with van der Waals surface area (Å²) in [5, 5.41) is 3.79. The minimum absolute atomic E-state index is 0.101. The second kappa shape index (κ2) is 6.25. The van der Waals surface area contributed by atoms with Crippen LogP contribution in [0.3, 0.4) is 0 Å². The normalized spacial score (nSPS) is 10.2. The van der Waals surface area contributed by atoms with E-state index in [1.54, 1.807) is 24.3 Å². The Morgan fingerprint density at radius 1 is 1.40 bits per heavy atom. The molecule has 0 radical (unpaired) electrons. The number of halogens is 1. The van der Waals surface area contributed by atoms with E-state index in [1.807, 2.05) is 0 Å². The Kier molecular flexibility index (Phi) is 4.41. The van der Waals surface area contributed by atoms with E-state index in [9.17, 15) is 14.0 Å². The Bertz CT molecular complexity index is 676. The maximum Gasteiger partial charge on any atom is 0.365 e. The van der Waals surface area contributed by atoms with Crippen LogP contribution in [0.5, 0.6) is 0 Å². The fourth-order valence-corrected chi connectivity index (χ4v) is 1.76. The number of carbonyl (C=O) groups is 1. The Morgan fingerprint density at radius 3 is 2.70 bits per heavy atom. The predicted octanol–water partition coefficient (Wildman–Crippen LogP) is 1.50. The molecule has 0 aliphatic carbocycles. The third-order valence-electron chi connectivity index (χ3n) is 2.60. The van der Waals surface area contributed by atoms with Gasteiger partial charge < -0.3 is 9.84 Å². The molecular weight excluding hydrogens is 283 g/mol. The molecule has 1 amide bonds. The van der Waals surface area contributed by atoms with Gasteiger partial charge in [-0.15, -0.1) is 0 Å². The average Bonchev–Trinajstić information content (AvgIpc) is 2.86. The van der Waals surface area contributed by atoms with Crippen LogP contribution in [-0.2, 0) is 11.5 Å². The highest BCUT2D eigenvalue weighted by molar-refractivity contribution is 7.79. The van der Waals surface area contributed by atoms with Gasteiger partial charge in [0.2, 0.25) is 0 Å². The first kappa shape index (κ1) is 14.1. The molecule has 0 saturated carbocycles. The van der Waals surface area contributed by atoms with Crippen LogP contribution < -0.4 is 10.9 Å². The largest absolute Gasteiger partial charge is 0.365 e. The lowest BCUT2D eigenvalue weighted by molar-refractivity contribution is -0.122. The van der Waals surface area contributed by atoms with Crippen molar-refractivity contribution in [3.8, 4) is 11.1 Å². The van der Waals surface area contributed by atoms with Crippen LogP contribution in [0.25, 0.3) is 11.1 Å². The van der Waals surface area contributed by atoms with Gasteiger partial charge in [-0.1, -0.05) is 36.5 Å². The van der Waals surface area contributed by atoms with Crippen molar-refractivity contribution in [2.45, 2.75) is 6.67 Å². The Labute approximate surface area is 119 Å². The van der Waals surface area contributed by atoms with E-state index in [4.69, 9.17) is 16.7 Å². The number of alkyl halides is 1. The lowest BCUT2D eigenvalue weighted by Gasteiger charge is -2.00. The minimum atomic E-state index is -1.11. The molecule has 1 heterocycles. The average molecular weight is 294 g/mol. The molecule has 1 aromatic carbocycles. The van der Waals surface area contributed by atoms with Gasteiger partial charge in [0.15, 0.2) is 6.67 Å². The van der Waals surface area contributed by atoms with Crippen LogP contribution in [-0.4, -0.2) is 22.7 Å². The summed E-state index contributed by atoms with van der Waals surface area (Å²) in [4.78, 5) is 22.5. The topological polar surface area (TPSA) is 64.2 Å². The molecule has 0 fully saturated rings. The number of hydrogen-bond donors (Lipinski definition) is 1. The Balaban J connectivity index is 2.20. The van der Waals surface area contributed by atoms with Crippen LogP contribution in [0.1, 0.15) is 5.56 Å². The first-order valence-electron chi connectivity index (χ1n) is 5.73. The van der Waals surface area contributed by atoms with Crippen LogP contribution >= 0.6 is 12.2 Å². The molecule has 0 aliphatic heterocycles. The smallest absolute Gasteiger partial charge is 0.334 e. The van der Waals surface area contributed by atoms with Gasteiger partial charge in [-0.2, -0.15) is 4.74 Å². The predicted molar refractivity (Wildman–Crippen MR) is 75.3 cm³/mol. The number of rotatable bonds is 5. The summed E-state index contributed by atoms with van der Waals surface area (Å²) in [5.74, 6) is -0.770. The number of benzene rings is 1. The lowest BCUT2D eigenvalue weighted by Crippen LogP contribution is -2.26. The number of aromatic nitrogens is 1. The highest BCUT2D eigenvalue weighted by Gasteiger charge is 2.09. The van der Waals surface area contributed by atoms with Crippen molar-refractivity contribution in [1.29, 1.82) is 0 Å². The van der Waals surface area contributed by atoms with Gasteiger partial charge in [0.05, 0.1) is 11.8 Å². The van der Waals surface area contributed by atoms with Crippen molar-refractivity contribution >= 4 is 23.5 Å². The van der Waals surface area contributed by atoms with Gasteiger partial charge in [0.25, 0.3) is 5.91 Å². The maximum atomic E-state index is 12.0. The summed E-state index contributed by atoms with van der Waals surface area (Å²) in [6.07, 6.45) is 1.45. The van der Waals surface area contributed by atoms with Crippen molar-refractivity contribution in [3.05, 3.63) is 46.4 Å². The van der Waals surface area contributed by atoms with Crippen LogP contribution in [0.4, 0.5) is 4.39 Å². The molecular formula is C13H11FN2O3S. The molecule has 0 unspecified atom stereocenters. The molecule has 2 rings (SSSR count). The molecule has 5 nitrogen and oxygen atoms in total. The summed E-state index contributed by atoms with van der Waals surface area (Å²) in [7, 11) is 0. The first-order valence-corrected chi connectivity index (χ1v) is 6.20. The van der Waals surface area contributed by atoms with E-state index in [-0.39, 0.29) is 6.67 Å². The quantitative estimate of drug-likeness (QED) is 0.849. The number of amides is 1. The Hall–Kier alpha value is -2.28. The fourth-order valence-electron chi connectivity index (χ4n) is 1.60. The van der Waals surface area contributed by atoms with Crippen LogP contribution in [0.15, 0.2) is 39.8 Å². The Morgan fingerprint density at radius 2 is 2.10 bits per heavy atom. The van der Waals surface area contributed by atoms with Crippen molar-refractivity contribution in [3.63, 3.8) is 0 Å². The van der Waals surface area contributed by atoms with Gasteiger partial charge in [0, 0.05) is 5.37 Å². The third-order valence-corrected chi connectivity index (χ3v) is 2.88. The van der Waals surface area contributed by atoms with E-state index in [0.717, 1.165) is 10.3 Å². The zero-order valence-corrected chi connectivity index (χ0v) is 11.2. The first-order chi connectivity index (χ1) is 9.63. The molecule has 0 atom stereocenters. The summed E-state index contributed by atoms with van der Waals surface area (Å²) in [6.45, 7) is -1.21. The summed E-state index contributed by atoms with van der Waals surface area (Å²) in [6, 6.07) is 7.05. The number of nitrogens with one attached hydrogen (secondary N) is 1. The van der Waals surface area contributed by atoms with E-state index in [0.29, 0.717) is 11.1 Å². The molecule has 0 saturated heterocycles. The zero-order valence-electron chi connectivity index (χ0n) is 10.3. The second-order valence-electron chi connectivity index (χ2n) is 3.97. The van der Waals surface area contributed by atoms with E-state index in [1.165, 1.54) is 11.6 Å². The SMILES string of the molecule is O=C(CF)NCn1cc(-c2ccc(C=S)cc2)c(=O)o1. The van der Waals surface area contributed by atoms with E-state index >= 15 is 0 Å². The molecule has 20 heavy (non-hydrogen) atoms. The number of thiocarbonyl (C=S) groups is 1. The van der Waals surface area contributed by atoms with Gasteiger partial charge in [-0.25, -0.2) is 9.18 Å². The molecule has 7 heteroatoms. The highest BCUT2D eigenvalue weighted by atomic mass is 32.1. The van der Waals surface area contributed by atoms with Gasteiger partial charge in [-0.3, -0.25) is 4.79 Å². The van der Waals surface area contributed by atoms with E-state index in [2.05, 4.69) is 5.32 Å². The minimum Gasteiger partial charge on any atom is -0.334 e. The molecule has 1 N–H and O–H groups in total. The second-order valence-corrected chi connectivity index (χ2v) is 4.21. The molecule has 0 aliphatic rings. The van der Waals surface area contributed by atoms with Gasteiger partial charge in [-0.05, 0) is 11.1 Å². The summed E-state index contributed by atoms with van der Waals surface area (Å²) in [5.41, 5.74) is 1.36. The monoisotopic (exact) mass is 294 g/mol. The molecule has 104 valence electrons. The van der Waals surface area contributed by atoms with Gasteiger partial charge >= 0.3 is 5.63 Å². The van der Waals surface area contributed by atoms with E-state index < -0.39 is 18.2 Å².